The molecule has 0 radical (unpaired) electrons. The highest BCUT2D eigenvalue weighted by molar-refractivity contribution is 5.52. The third-order valence-electron chi connectivity index (χ3n) is 3.77. The Labute approximate surface area is 103 Å². The third kappa shape index (κ3) is 2.31. The van der Waals surface area contributed by atoms with Crippen molar-refractivity contribution >= 4 is 5.69 Å². The van der Waals surface area contributed by atoms with Crippen LogP contribution in [0.25, 0.3) is 0 Å². The SMILES string of the molecule is CN1CCc2ccc(N3CCOCC3)cc2C1. The Morgan fingerprint density at radius 3 is 2.71 bits per heavy atom. The largest absolute Gasteiger partial charge is 0.378 e. The normalized spacial score (nSPS) is 21.4. The fraction of sp³-hybridized carbons (Fsp3) is 0.571. The standard InChI is InChI=1S/C14H20N2O/c1-15-5-4-12-2-3-14(10-13(12)11-15)16-6-8-17-9-7-16/h2-3,10H,4-9,11H2,1H3. The molecule has 1 aromatic rings. The van der Waals surface area contributed by atoms with Crippen molar-refractivity contribution in [2.75, 3.05) is 44.8 Å². The molecule has 92 valence electrons. The highest BCUT2D eigenvalue weighted by Gasteiger charge is 2.16. The molecule has 3 nitrogen and oxygen atoms in total. The molecular weight excluding hydrogens is 212 g/mol. The van der Waals surface area contributed by atoms with Crippen molar-refractivity contribution in [3.05, 3.63) is 29.3 Å². The summed E-state index contributed by atoms with van der Waals surface area (Å²) < 4.78 is 5.40. The number of hydrogen-bond acceptors (Lipinski definition) is 3. The van der Waals surface area contributed by atoms with Gasteiger partial charge in [0.05, 0.1) is 13.2 Å². The maximum atomic E-state index is 5.40. The van der Waals surface area contributed by atoms with Gasteiger partial charge in [0.1, 0.15) is 0 Å². The van der Waals surface area contributed by atoms with Crippen LogP contribution in [0.1, 0.15) is 11.1 Å². The lowest BCUT2D eigenvalue weighted by Gasteiger charge is -2.31. The number of anilines is 1. The molecule has 0 saturated carbocycles. The number of nitrogens with zero attached hydrogens (tertiary/aromatic N) is 2. The summed E-state index contributed by atoms with van der Waals surface area (Å²) in [4.78, 5) is 4.82. The topological polar surface area (TPSA) is 15.7 Å². The van der Waals surface area contributed by atoms with Gasteiger partial charge in [-0.05, 0) is 36.7 Å². The zero-order valence-corrected chi connectivity index (χ0v) is 10.5. The van der Waals surface area contributed by atoms with Crippen molar-refractivity contribution < 1.29 is 4.74 Å². The van der Waals surface area contributed by atoms with E-state index in [1.807, 2.05) is 0 Å². The smallest absolute Gasteiger partial charge is 0.0642 e. The lowest BCUT2D eigenvalue weighted by atomic mass is 9.99. The fourth-order valence-corrected chi connectivity index (χ4v) is 2.70. The van der Waals surface area contributed by atoms with Crippen LogP contribution in [-0.2, 0) is 17.7 Å². The van der Waals surface area contributed by atoms with Crippen LogP contribution in [0.5, 0.6) is 0 Å². The minimum Gasteiger partial charge on any atom is -0.378 e. The van der Waals surface area contributed by atoms with E-state index >= 15 is 0 Å². The molecular formula is C14H20N2O. The van der Waals surface area contributed by atoms with E-state index in [1.165, 1.54) is 29.8 Å². The third-order valence-corrected chi connectivity index (χ3v) is 3.77. The summed E-state index contributed by atoms with van der Waals surface area (Å²) in [6.07, 6.45) is 1.19. The summed E-state index contributed by atoms with van der Waals surface area (Å²) >= 11 is 0. The van der Waals surface area contributed by atoms with Gasteiger partial charge in [0, 0.05) is 31.9 Å². The van der Waals surface area contributed by atoms with Gasteiger partial charge in [-0.2, -0.15) is 0 Å². The van der Waals surface area contributed by atoms with Gasteiger partial charge in [-0.3, -0.25) is 0 Å². The second kappa shape index (κ2) is 4.67. The van der Waals surface area contributed by atoms with Gasteiger partial charge in [-0.15, -0.1) is 0 Å². The van der Waals surface area contributed by atoms with Crippen LogP contribution in [0, 0.1) is 0 Å². The monoisotopic (exact) mass is 232 g/mol. The molecule has 2 aliphatic heterocycles. The van der Waals surface area contributed by atoms with Crippen LogP contribution in [0.15, 0.2) is 18.2 Å². The molecule has 2 heterocycles. The molecule has 2 aliphatic rings. The molecule has 1 aromatic carbocycles. The summed E-state index contributed by atoms with van der Waals surface area (Å²) in [5, 5.41) is 0. The molecule has 3 heteroatoms. The lowest BCUT2D eigenvalue weighted by Crippen LogP contribution is -2.36. The van der Waals surface area contributed by atoms with E-state index in [-0.39, 0.29) is 0 Å². The summed E-state index contributed by atoms with van der Waals surface area (Å²) in [7, 11) is 2.20. The Morgan fingerprint density at radius 1 is 1.06 bits per heavy atom. The number of fused-ring (bicyclic) bond motifs is 1. The molecule has 0 amide bonds. The molecule has 0 atom stereocenters. The minimum atomic E-state index is 0.858. The summed E-state index contributed by atoms with van der Waals surface area (Å²) in [6, 6.07) is 6.96. The first-order valence-corrected chi connectivity index (χ1v) is 6.46. The molecule has 0 bridgehead atoms. The van der Waals surface area contributed by atoms with E-state index in [9.17, 15) is 0 Å². The molecule has 3 rings (SSSR count). The Morgan fingerprint density at radius 2 is 1.88 bits per heavy atom. The van der Waals surface area contributed by atoms with E-state index in [0.717, 1.165) is 32.8 Å². The number of benzene rings is 1. The fourth-order valence-electron chi connectivity index (χ4n) is 2.70. The zero-order chi connectivity index (χ0) is 11.7. The molecule has 1 fully saturated rings. The maximum Gasteiger partial charge on any atom is 0.0642 e. The average molecular weight is 232 g/mol. The van der Waals surface area contributed by atoms with Gasteiger partial charge in [-0.25, -0.2) is 0 Å². The van der Waals surface area contributed by atoms with E-state index < -0.39 is 0 Å². The van der Waals surface area contributed by atoms with Gasteiger partial charge >= 0.3 is 0 Å². The van der Waals surface area contributed by atoms with Crippen LogP contribution in [0.2, 0.25) is 0 Å². The Bertz CT molecular complexity index is 399. The minimum absolute atomic E-state index is 0.858. The Hall–Kier alpha value is -1.06. The van der Waals surface area contributed by atoms with Crippen LogP contribution in [-0.4, -0.2) is 44.8 Å². The summed E-state index contributed by atoms with van der Waals surface area (Å²) in [6.45, 7) is 6.04. The summed E-state index contributed by atoms with van der Waals surface area (Å²) in [5.74, 6) is 0. The quantitative estimate of drug-likeness (QED) is 0.730. The lowest BCUT2D eigenvalue weighted by molar-refractivity contribution is 0.122. The first-order chi connectivity index (χ1) is 8.33. The van der Waals surface area contributed by atoms with Crippen molar-refractivity contribution in [2.24, 2.45) is 0 Å². The Balaban J connectivity index is 1.84. The van der Waals surface area contributed by atoms with Crippen molar-refractivity contribution in [1.82, 2.24) is 4.90 Å². The van der Waals surface area contributed by atoms with Crippen LogP contribution in [0.4, 0.5) is 5.69 Å². The zero-order valence-electron chi connectivity index (χ0n) is 10.5. The molecule has 0 spiro atoms. The van der Waals surface area contributed by atoms with Crippen molar-refractivity contribution in [2.45, 2.75) is 13.0 Å². The first kappa shape index (κ1) is 11.1. The predicted octanol–water partition coefficient (Wildman–Crippen LogP) is 1.51. The molecule has 0 N–H and O–H groups in total. The first-order valence-electron chi connectivity index (χ1n) is 6.46. The number of morpholine rings is 1. The highest BCUT2D eigenvalue weighted by atomic mass is 16.5. The van der Waals surface area contributed by atoms with Crippen LogP contribution < -0.4 is 4.90 Å². The molecule has 0 aromatic heterocycles. The van der Waals surface area contributed by atoms with Gasteiger partial charge in [0.25, 0.3) is 0 Å². The van der Waals surface area contributed by atoms with Gasteiger partial charge in [0.2, 0.25) is 0 Å². The van der Waals surface area contributed by atoms with E-state index in [4.69, 9.17) is 4.74 Å². The van der Waals surface area contributed by atoms with E-state index in [1.54, 1.807) is 0 Å². The number of rotatable bonds is 1. The predicted molar refractivity (Wildman–Crippen MR) is 69.5 cm³/mol. The second-order valence-electron chi connectivity index (χ2n) is 5.04. The van der Waals surface area contributed by atoms with E-state index in [0.29, 0.717) is 0 Å². The van der Waals surface area contributed by atoms with Crippen LogP contribution >= 0.6 is 0 Å². The van der Waals surface area contributed by atoms with E-state index in [2.05, 4.69) is 35.0 Å². The molecule has 0 unspecified atom stereocenters. The van der Waals surface area contributed by atoms with Gasteiger partial charge < -0.3 is 14.5 Å². The van der Waals surface area contributed by atoms with Crippen LogP contribution in [0.3, 0.4) is 0 Å². The Kier molecular flexibility index (Phi) is 3.04. The highest BCUT2D eigenvalue weighted by Crippen LogP contribution is 2.24. The van der Waals surface area contributed by atoms with Gasteiger partial charge in [0.15, 0.2) is 0 Å². The number of likely N-dealkylation sites (N-methyl/N-ethyl adjacent to an activating group) is 1. The molecule has 0 aliphatic carbocycles. The van der Waals surface area contributed by atoms with Crippen molar-refractivity contribution in [1.29, 1.82) is 0 Å². The average Bonchev–Trinajstić information content (AvgIpc) is 2.39. The van der Waals surface area contributed by atoms with Crippen molar-refractivity contribution in [3.63, 3.8) is 0 Å². The van der Waals surface area contributed by atoms with Gasteiger partial charge in [-0.1, -0.05) is 6.07 Å². The summed E-state index contributed by atoms with van der Waals surface area (Å²) in [5.41, 5.74) is 4.39. The molecule has 1 saturated heterocycles. The number of ether oxygens (including phenoxy) is 1. The second-order valence-corrected chi connectivity index (χ2v) is 5.04. The van der Waals surface area contributed by atoms with Crippen molar-refractivity contribution in [3.8, 4) is 0 Å². The molecule has 17 heavy (non-hydrogen) atoms. The number of hydrogen-bond donors (Lipinski definition) is 0. The maximum absolute atomic E-state index is 5.40.